The summed E-state index contributed by atoms with van der Waals surface area (Å²) in [5.74, 6) is -0.904. The minimum Gasteiger partial charge on any atom is -0.553 e. The van der Waals surface area contributed by atoms with Gasteiger partial charge in [-0.3, -0.25) is 9.59 Å². The van der Waals surface area contributed by atoms with Crippen LogP contribution in [0.4, 0.5) is 0 Å². The van der Waals surface area contributed by atoms with Crippen molar-refractivity contribution in [3.05, 3.63) is 42.7 Å². The zero-order valence-corrected chi connectivity index (χ0v) is 50.1. The van der Waals surface area contributed by atoms with Gasteiger partial charge in [0.25, 0.3) is 0 Å². The number of carbonyl (C=O) groups is 2. The predicted molar refractivity (Wildman–Crippen MR) is 175 cm³/mol. The minimum atomic E-state index is -0.809. The number of primary amides is 2. The van der Waals surface area contributed by atoms with Gasteiger partial charge in [0.15, 0.2) is 0 Å². The quantitative estimate of drug-likeness (QED) is 0.0259. The maximum atomic E-state index is 10.4. The monoisotopic (exact) mass is 1540 g/mol. The SMILES string of the molecule is [CH2-]OCC(O)COCC(O)COCCC(N)=O.[CH2-]OCC(O)COCC(O)COCCC(N)=O.[CH2-]OCC(O)CO[CH2-].[CH2-]OCC(O)CO[CH2-].[Rf].[Rf].[Rf]. The Morgan fingerprint density at radius 1 is 0.377 bits per heavy atom. The van der Waals surface area contributed by atoms with Crippen molar-refractivity contribution in [3.63, 3.8) is 0 Å². The first-order valence-electron chi connectivity index (χ1n) is 14.9. The van der Waals surface area contributed by atoms with E-state index in [1.807, 2.05) is 0 Å². The van der Waals surface area contributed by atoms with Crippen molar-refractivity contribution in [2.24, 2.45) is 11.5 Å². The third-order valence-corrected chi connectivity index (χ3v) is 4.71. The van der Waals surface area contributed by atoms with Crippen molar-refractivity contribution in [2.75, 3.05) is 92.5 Å². The molecule has 0 aromatic heterocycles. The van der Waals surface area contributed by atoms with E-state index in [4.69, 9.17) is 40.6 Å². The predicted octanol–water partition coefficient (Wildman–Crippen LogP) is -3.22. The molecule has 2 amide bonds. The van der Waals surface area contributed by atoms with E-state index < -0.39 is 48.4 Å². The molecule has 0 fully saturated rings. The molecule has 0 bridgehead atoms. The van der Waals surface area contributed by atoms with Gasteiger partial charge in [-0.1, -0.05) is 0 Å². The van der Waals surface area contributed by atoms with Crippen LogP contribution in [0, 0.1) is 42.7 Å². The fourth-order valence-corrected chi connectivity index (χ4v) is 2.57. The average molecular weight is 1540 g/mol. The molecule has 4 atom stereocenters. The van der Waals surface area contributed by atoms with Crippen LogP contribution in [0.5, 0.6) is 0 Å². The Bertz CT molecular complexity index is 649. The van der Waals surface area contributed by atoms with Gasteiger partial charge in [0, 0.05) is 52.5 Å². The van der Waals surface area contributed by atoms with E-state index in [0.717, 1.165) is 0 Å². The standard InChI is InChI=1S/2C10H20NO6.2C5H10O3.3Rf/c2*1-15-4-8(12)6-17-7-9(13)5-16-3-2-10(11)14;2*1-7-3-5(6)4-8-2;;;/h2*8-9,12-13H,1-7H2,(H2,11,14);2*5-6H,1-4H2;;;/q2*-1;2*-2;;;. The molecule has 20 nitrogen and oxygen atoms in total. The van der Waals surface area contributed by atoms with Crippen LogP contribution in [-0.2, 0) is 57.0 Å². The maximum absolute atomic E-state index is 10.4. The Morgan fingerprint density at radius 3 is 0.736 bits per heavy atom. The van der Waals surface area contributed by atoms with Crippen molar-refractivity contribution >= 4 is 11.8 Å². The Kier molecular flexibility index (Phi) is 59.1. The Balaban J connectivity index is -0.000000110. The first-order valence-corrected chi connectivity index (χ1v) is 14.9. The number of carbonyl (C=O) groups excluding carboxylic acids is 2. The van der Waals surface area contributed by atoms with Gasteiger partial charge in [0.05, 0.1) is 77.3 Å². The molecule has 0 aromatic carbocycles. The molecule has 0 aromatic rings. The van der Waals surface area contributed by atoms with Crippen LogP contribution >= 0.6 is 0 Å². The molecule has 4 unspecified atom stereocenters. The van der Waals surface area contributed by atoms with Gasteiger partial charge in [-0.25, -0.2) is 42.7 Å². The average Bonchev–Trinajstić information content (AvgIpc) is 3.03. The number of ether oxygens (including phenoxy) is 10. The zero-order chi connectivity index (χ0) is 39.0. The van der Waals surface area contributed by atoms with E-state index >= 15 is 0 Å². The molecule has 0 aliphatic carbocycles. The summed E-state index contributed by atoms with van der Waals surface area (Å²) in [6.45, 7) is 1.52. The van der Waals surface area contributed by atoms with E-state index in [0.29, 0.717) is 0 Å². The van der Waals surface area contributed by atoms with Gasteiger partial charge in [-0.15, -0.1) is 0 Å². The Morgan fingerprint density at radius 2 is 0.547 bits per heavy atom. The van der Waals surface area contributed by atoms with Crippen LogP contribution in [0.15, 0.2) is 0 Å². The largest absolute Gasteiger partial charge is 0.553 e. The molecule has 0 saturated carbocycles. The Labute approximate surface area is 295 Å². The van der Waals surface area contributed by atoms with Gasteiger partial charge >= 0.3 is 0 Å². The van der Waals surface area contributed by atoms with Gasteiger partial charge in [-0.2, -0.15) is 0 Å². The zero-order valence-electron chi connectivity index (χ0n) is 30.9. The van der Waals surface area contributed by atoms with Gasteiger partial charge in [0.2, 0.25) is 11.8 Å². The first-order chi connectivity index (χ1) is 23.7. The molecule has 0 spiro atoms. The summed E-state index contributed by atoms with van der Waals surface area (Å²) in [6, 6.07) is 0. The molecule has 10 N–H and O–H groups in total. The van der Waals surface area contributed by atoms with Crippen LogP contribution in [0.3, 0.4) is 0 Å². The topological polar surface area (TPSA) is 300 Å². The van der Waals surface area contributed by atoms with E-state index in [9.17, 15) is 30.0 Å². The van der Waals surface area contributed by atoms with E-state index in [1.54, 1.807) is 0 Å². The summed E-state index contributed by atoms with van der Waals surface area (Å²) in [4.78, 5) is 20.7. The molecule has 0 heterocycles. The molecular formula is C30H60N2O18Rf3-6. The number of aliphatic hydroxyl groups is 6. The summed E-state index contributed by atoms with van der Waals surface area (Å²) >= 11 is 0. The van der Waals surface area contributed by atoms with Crippen molar-refractivity contribution in [1.82, 2.24) is 0 Å². The second kappa shape index (κ2) is 49.4. The van der Waals surface area contributed by atoms with Crippen LogP contribution in [-0.4, -0.2) is 172 Å². The van der Waals surface area contributed by atoms with Gasteiger partial charge in [-0.05, 0) is 0 Å². The summed E-state index contributed by atoms with van der Waals surface area (Å²) in [5, 5.41) is 54.5. The summed E-state index contributed by atoms with van der Waals surface area (Å²) in [7, 11) is 18.5. The van der Waals surface area contributed by atoms with Crippen molar-refractivity contribution in [1.29, 1.82) is 0 Å². The Hall–Kier alpha value is -4.70. The van der Waals surface area contributed by atoms with E-state index in [1.165, 1.54) is 0 Å². The number of nitrogens with two attached hydrogens (primary N) is 2. The maximum Gasteiger partial charge on any atom is 0.219 e. The minimum absolute atomic E-state index is 0. The fraction of sp³-hybridized carbons (Fsp3) is 0.733. The number of rotatable bonds is 30. The van der Waals surface area contributed by atoms with Crippen molar-refractivity contribution in [2.45, 2.75) is 49.5 Å². The molecule has 0 saturated heterocycles. The van der Waals surface area contributed by atoms with E-state index in [2.05, 4.69) is 71.1 Å². The third-order valence-electron chi connectivity index (χ3n) is 4.71. The van der Waals surface area contributed by atoms with Crippen LogP contribution in [0.1, 0.15) is 12.8 Å². The normalized spacial score (nSPS) is 12.5. The van der Waals surface area contributed by atoms with Crippen molar-refractivity contribution in [3.8, 4) is 0 Å². The second-order valence-electron chi connectivity index (χ2n) is 9.81. The number of amides is 2. The summed E-state index contributed by atoms with van der Waals surface area (Å²) < 4.78 is 46.3. The van der Waals surface area contributed by atoms with Crippen LogP contribution < -0.4 is 11.5 Å². The third kappa shape index (κ3) is 62.8. The molecule has 0 aliphatic heterocycles. The summed E-state index contributed by atoms with van der Waals surface area (Å²) in [5.41, 5.74) is 9.80. The van der Waals surface area contributed by atoms with E-state index in [-0.39, 0.29) is 105 Å². The molecule has 23 heteroatoms. The molecule has 53 heavy (non-hydrogen) atoms. The molecule has 0 radical (unpaired) electrons. The van der Waals surface area contributed by atoms with Crippen LogP contribution in [0.2, 0.25) is 0 Å². The number of aliphatic hydroxyl groups excluding tert-OH is 6. The van der Waals surface area contributed by atoms with Gasteiger partial charge in [0.1, 0.15) is 12.2 Å². The molecular weight excluding hydrogens is 1480 g/mol. The second-order valence-corrected chi connectivity index (χ2v) is 9.81. The van der Waals surface area contributed by atoms with Gasteiger partial charge < -0.3 is 89.5 Å². The number of hydrogen-bond donors (Lipinski definition) is 8. The smallest absolute Gasteiger partial charge is 0.219 e. The molecule has 310 valence electrons. The van der Waals surface area contributed by atoms with Crippen molar-refractivity contribution < 1.29 is 87.6 Å². The number of hydrogen-bond acceptors (Lipinski definition) is 18. The molecule has 0 rings (SSSR count). The first kappa shape index (κ1) is 63.4. The summed E-state index contributed by atoms with van der Waals surface area (Å²) in [6.07, 6.45) is -4.13. The van der Waals surface area contributed by atoms with Crippen LogP contribution in [0.25, 0.3) is 0 Å². The fourth-order valence-electron chi connectivity index (χ4n) is 2.57. The molecule has 0 aliphatic rings.